The van der Waals surface area contributed by atoms with Crippen LogP contribution in [0.4, 0.5) is 5.69 Å². The lowest BCUT2D eigenvalue weighted by molar-refractivity contribution is -0.386. The maximum Gasteiger partial charge on any atom is 0.312 e. The number of aryl methyl sites for hydroxylation is 1. The van der Waals surface area contributed by atoms with E-state index in [1.54, 1.807) is 18.5 Å². The molecule has 0 N–H and O–H groups in total. The largest absolute Gasteiger partial charge is 0.338 e. The quantitative estimate of drug-likeness (QED) is 0.575. The number of aromatic nitrogens is 2. The van der Waals surface area contributed by atoms with Crippen molar-refractivity contribution in [1.82, 2.24) is 14.7 Å². The number of fused-ring (bicyclic) bond motifs is 1. The Bertz CT molecular complexity index is 919. The summed E-state index contributed by atoms with van der Waals surface area (Å²) in [6, 6.07) is 7.57. The highest BCUT2D eigenvalue weighted by Crippen LogP contribution is 2.36. The number of nitro groups is 1. The number of hydrogen-bond acceptors (Lipinski definition) is 4. The zero-order valence-corrected chi connectivity index (χ0v) is 17.1. The van der Waals surface area contributed by atoms with Gasteiger partial charge in [-0.3, -0.25) is 19.6 Å². The fraction of sp³-hybridized carbons (Fsp3) is 0.545. The monoisotopic (exact) mass is 396 g/mol. The lowest BCUT2D eigenvalue weighted by atomic mass is 9.75. The van der Waals surface area contributed by atoms with E-state index in [0.717, 1.165) is 31.0 Å². The summed E-state index contributed by atoms with van der Waals surface area (Å²) in [7, 11) is 0. The Morgan fingerprint density at radius 1 is 1.14 bits per heavy atom. The molecular formula is C22H28N4O3. The van der Waals surface area contributed by atoms with Crippen molar-refractivity contribution in [2.45, 2.75) is 52.5 Å². The van der Waals surface area contributed by atoms with E-state index in [2.05, 4.69) is 5.10 Å². The molecule has 2 aromatic rings. The molecule has 0 radical (unpaired) electrons. The van der Waals surface area contributed by atoms with Gasteiger partial charge in [0.05, 0.1) is 11.5 Å². The Labute approximate surface area is 170 Å². The van der Waals surface area contributed by atoms with Crippen molar-refractivity contribution in [1.29, 1.82) is 0 Å². The third-order valence-corrected chi connectivity index (χ3v) is 6.64. The fourth-order valence-corrected chi connectivity index (χ4v) is 5.00. The number of carbonyl (C=O) groups excluding carboxylic acids is 1. The second kappa shape index (κ2) is 7.97. The summed E-state index contributed by atoms with van der Waals surface area (Å²) in [4.78, 5) is 25.8. The Morgan fingerprint density at radius 2 is 1.83 bits per heavy atom. The van der Waals surface area contributed by atoms with Gasteiger partial charge in [-0.1, -0.05) is 31.4 Å². The zero-order chi connectivity index (χ0) is 20.5. The summed E-state index contributed by atoms with van der Waals surface area (Å²) in [5.74, 6) is 1.59. The molecule has 1 aliphatic carbocycles. The number of likely N-dealkylation sites (tertiary alicyclic amines) is 1. The summed E-state index contributed by atoms with van der Waals surface area (Å²) in [5.41, 5.74) is 2.71. The molecule has 2 fully saturated rings. The Kier molecular flexibility index (Phi) is 5.39. The van der Waals surface area contributed by atoms with E-state index in [0.29, 0.717) is 29.4 Å². The molecule has 1 aliphatic heterocycles. The minimum atomic E-state index is -0.384. The van der Waals surface area contributed by atoms with Crippen LogP contribution in [0.15, 0.2) is 24.3 Å². The van der Waals surface area contributed by atoms with Crippen LogP contribution in [0.2, 0.25) is 0 Å². The molecule has 7 heteroatoms. The van der Waals surface area contributed by atoms with E-state index >= 15 is 0 Å². The van der Waals surface area contributed by atoms with Crippen LogP contribution in [0.25, 0.3) is 0 Å². The smallest absolute Gasteiger partial charge is 0.312 e. The molecule has 7 nitrogen and oxygen atoms in total. The van der Waals surface area contributed by atoms with Crippen LogP contribution in [0.1, 0.15) is 59.4 Å². The standard InChI is InChI=1S/C22H28N4O3/c1-15-21(26(28)29)16(2)25(23-15)13-17-7-9-19(10-8-17)22(27)24-12-11-18-5-3-4-6-20(18)14-24/h7-10,18,20H,3-6,11-14H2,1-2H3/t18-,20+/m1/s1. The first-order valence-electron chi connectivity index (χ1n) is 10.5. The molecule has 0 spiro atoms. The normalized spacial score (nSPS) is 21.7. The first-order valence-corrected chi connectivity index (χ1v) is 10.5. The van der Waals surface area contributed by atoms with Gasteiger partial charge >= 0.3 is 5.69 Å². The van der Waals surface area contributed by atoms with Gasteiger partial charge in [0.15, 0.2) is 0 Å². The number of hydrogen-bond donors (Lipinski definition) is 0. The molecule has 2 heterocycles. The predicted molar refractivity (Wildman–Crippen MR) is 110 cm³/mol. The van der Waals surface area contributed by atoms with Gasteiger partial charge in [-0.15, -0.1) is 0 Å². The highest BCUT2D eigenvalue weighted by molar-refractivity contribution is 5.94. The molecule has 154 valence electrons. The number of benzene rings is 1. The van der Waals surface area contributed by atoms with Crippen LogP contribution in [-0.2, 0) is 6.54 Å². The van der Waals surface area contributed by atoms with Crippen LogP contribution in [-0.4, -0.2) is 38.6 Å². The SMILES string of the molecule is Cc1nn(Cc2ccc(C(=O)N3CC[C@H]4CCCC[C@H]4C3)cc2)c(C)c1[N+](=O)[O-]. The molecular weight excluding hydrogens is 368 g/mol. The summed E-state index contributed by atoms with van der Waals surface area (Å²) in [6.07, 6.45) is 6.34. The van der Waals surface area contributed by atoms with Crippen molar-refractivity contribution in [3.8, 4) is 0 Å². The molecule has 29 heavy (non-hydrogen) atoms. The lowest BCUT2D eigenvalue weighted by Gasteiger charge is -2.41. The molecule has 2 atom stereocenters. The van der Waals surface area contributed by atoms with Gasteiger partial charge in [0.2, 0.25) is 0 Å². The summed E-state index contributed by atoms with van der Waals surface area (Å²) >= 11 is 0. The third kappa shape index (κ3) is 3.91. The molecule has 2 aliphatic rings. The minimum absolute atomic E-state index is 0.0721. The van der Waals surface area contributed by atoms with E-state index < -0.39 is 0 Å². The highest BCUT2D eigenvalue weighted by Gasteiger charge is 2.33. The van der Waals surface area contributed by atoms with Crippen molar-refractivity contribution in [2.75, 3.05) is 13.1 Å². The molecule has 1 aromatic heterocycles. The maximum absolute atomic E-state index is 13.0. The number of nitrogens with zero attached hydrogens (tertiary/aromatic N) is 4. The van der Waals surface area contributed by atoms with E-state index in [1.807, 2.05) is 29.2 Å². The summed E-state index contributed by atoms with van der Waals surface area (Å²) in [6.45, 7) is 5.56. The fourth-order valence-electron chi connectivity index (χ4n) is 5.00. The van der Waals surface area contributed by atoms with Gasteiger partial charge in [0.1, 0.15) is 11.4 Å². The van der Waals surface area contributed by atoms with E-state index in [1.165, 1.54) is 25.7 Å². The maximum atomic E-state index is 13.0. The lowest BCUT2D eigenvalue weighted by Crippen LogP contribution is -2.44. The molecule has 1 saturated heterocycles. The second-order valence-electron chi connectivity index (χ2n) is 8.48. The Morgan fingerprint density at radius 3 is 2.48 bits per heavy atom. The minimum Gasteiger partial charge on any atom is -0.338 e. The van der Waals surface area contributed by atoms with Crippen molar-refractivity contribution >= 4 is 11.6 Å². The van der Waals surface area contributed by atoms with Crippen LogP contribution in [0.3, 0.4) is 0 Å². The summed E-state index contributed by atoms with van der Waals surface area (Å²) < 4.78 is 1.65. The van der Waals surface area contributed by atoms with Gasteiger partial charge in [0, 0.05) is 18.7 Å². The Hall–Kier alpha value is -2.70. The zero-order valence-electron chi connectivity index (χ0n) is 17.1. The third-order valence-electron chi connectivity index (χ3n) is 6.64. The highest BCUT2D eigenvalue weighted by atomic mass is 16.6. The van der Waals surface area contributed by atoms with Crippen molar-refractivity contribution in [3.63, 3.8) is 0 Å². The van der Waals surface area contributed by atoms with Crippen molar-refractivity contribution in [2.24, 2.45) is 11.8 Å². The Balaban J connectivity index is 1.43. The topological polar surface area (TPSA) is 81.3 Å². The van der Waals surface area contributed by atoms with Gasteiger partial charge in [-0.05, 0) is 56.2 Å². The van der Waals surface area contributed by atoms with Crippen LogP contribution >= 0.6 is 0 Å². The molecule has 1 aromatic carbocycles. The van der Waals surface area contributed by atoms with Gasteiger partial charge in [0.25, 0.3) is 5.91 Å². The van der Waals surface area contributed by atoms with Crippen molar-refractivity contribution in [3.05, 3.63) is 56.9 Å². The molecule has 1 saturated carbocycles. The first-order chi connectivity index (χ1) is 13.9. The van der Waals surface area contributed by atoms with Gasteiger partial charge < -0.3 is 4.90 Å². The van der Waals surface area contributed by atoms with Gasteiger partial charge in [-0.25, -0.2) is 0 Å². The van der Waals surface area contributed by atoms with Crippen LogP contribution < -0.4 is 0 Å². The second-order valence-corrected chi connectivity index (χ2v) is 8.48. The van der Waals surface area contributed by atoms with Crippen molar-refractivity contribution < 1.29 is 9.72 Å². The average Bonchev–Trinajstić information content (AvgIpc) is 3.00. The molecule has 1 amide bonds. The summed E-state index contributed by atoms with van der Waals surface area (Å²) in [5, 5.41) is 15.5. The van der Waals surface area contributed by atoms with E-state index in [-0.39, 0.29) is 16.5 Å². The number of carbonyl (C=O) groups is 1. The van der Waals surface area contributed by atoms with Crippen LogP contribution in [0.5, 0.6) is 0 Å². The predicted octanol–water partition coefficient (Wildman–Crippen LogP) is 4.11. The van der Waals surface area contributed by atoms with Crippen LogP contribution in [0, 0.1) is 35.8 Å². The molecule has 0 bridgehead atoms. The number of rotatable bonds is 4. The van der Waals surface area contributed by atoms with Gasteiger partial charge in [-0.2, -0.15) is 5.10 Å². The van der Waals surface area contributed by atoms with E-state index in [9.17, 15) is 14.9 Å². The molecule has 0 unspecified atom stereocenters. The molecule has 4 rings (SSSR count). The number of piperidine rings is 1. The number of amides is 1. The first kappa shape index (κ1) is 19.6. The average molecular weight is 396 g/mol. The van der Waals surface area contributed by atoms with E-state index in [4.69, 9.17) is 0 Å².